The van der Waals surface area contributed by atoms with Crippen LogP contribution in [0.2, 0.25) is 0 Å². The standard InChI is InChI=1S/C18H16BrN3O/c19-13-8-10-14(11-9-13)22-18-15-5-1-2-7-17(15)23-12-4-3-6-16(18)20-21-22/h1-2,5,7-11H,3-4,6,12H2. The molecule has 0 fully saturated rings. The van der Waals surface area contributed by atoms with Crippen LogP contribution in [0.25, 0.3) is 16.9 Å². The lowest BCUT2D eigenvalue weighted by Gasteiger charge is -2.12. The Kier molecular flexibility index (Phi) is 3.87. The van der Waals surface area contributed by atoms with Crippen molar-refractivity contribution in [2.45, 2.75) is 19.3 Å². The Labute approximate surface area is 143 Å². The van der Waals surface area contributed by atoms with Gasteiger partial charge in [0, 0.05) is 10.0 Å². The van der Waals surface area contributed by atoms with E-state index in [2.05, 4.69) is 32.3 Å². The fraction of sp³-hybridized carbons (Fsp3) is 0.222. The van der Waals surface area contributed by atoms with Gasteiger partial charge in [-0.25, -0.2) is 4.68 Å². The second kappa shape index (κ2) is 6.16. The monoisotopic (exact) mass is 369 g/mol. The molecule has 2 heterocycles. The number of hydrogen-bond donors (Lipinski definition) is 0. The molecule has 0 amide bonds. The highest BCUT2D eigenvalue weighted by atomic mass is 79.9. The molecule has 3 aromatic rings. The Bertz CT molecular complexity index is 827. The van der Waals surface area contributed by atoms with Crippen LogP contribution >= 0.6 is 15.9 Å². The minimum Gasteiger partial charge on any atom is -0.493 e. The van der Waals surface area contributed by atoms with Crippen molar-refractivity contribution in [2.24, 2.45) is 0 Å². The third-order valence-electron chi connectivity index (χ3n) is 4.02. The summed E-state index contributed by atoms with van der Waals surface area (Å²) in [7, 11) is 0. The first-order valence-electron chi connectivity index (χ1n) is 7.75. The van der Waals surface area contributed by atoms with Gasteiger partial charge in [-0.3, -0.25) is 0 Å². The number of aromatic nitrogens is 3. The van der Waals surface area contributed by atoms with Crippen LogP contribution in [-0.2, 0) is 6.42 Å². The van der Waals surface area contributed by atoms with E-state index >= 15 is 0 Å². The molecular weight excluding hydrogens is 354 g/mol. The zero-order valence-electron chi connectivity index (χ0n) is 12.6. The minimum absolute atomic E-state index is 0.743. The molecule has 0 radical (unpaired) electrons. The van der Waals surface area contributed by atoms with Crippen LogP contribution in [0.5, 0.6) is 5.75 Å². The molecule has 5 heteroatoms. The molecule has 0 unspecified atom stereocenters. The number of halogens is 1. The number of nitrogens with zero attached hydrogens (tertiary/aromatic N) is 3. The van der Waals surface area contributed by atoms with Crippen molar-refractivity contribution in [1.29, 1.82) is 0 Å². The largest absolute Gasteiger partial charge is 0.493 e. The Morgan fingerprint density at radius 2 is 1.83 bits per heavy atom. The van der Waals surface area contributed by atoms with Crippen molar-refractivity contribution < 1.29 is 4.74 Å². The number of fused-ring (bicyclic) bond motifs is 3. The summed E-state index contributed by atoms with van der Waals surface area (Å²) in [6.07, 6.45) is 3.00. The number of ether oxygens (including phenoxy) is 1. The van der Waals surface area contributed by atoms with Gasteiger partial charge >= 0.3 is 0 Å². The molecule has 23 heavy (non-hydrogen) atoms. The molecule has 0 N–H and O–H groups in total. The zero-order chi connectivity index (χ0) is 15.6. The van der Waals surface area contributed by atoms with E-state index < -0.39 is 0 Å². The summed E-state index contributed by atoms with van der Waals surface area (Å²) in [5.74, 6) is 0.899. The highest BCUT2D eigenvalue weighted by molar-refractivity contribution is 9.10. The number of benzene rings is 2. The molecule has 0 saturated heterocycles. The van der Waals surface area contributed by atoms with Crippen LogP contribution < -0.4 is 4.74 Å². The molecule has 0 aliphatic carbocycles. The summed E-state index contributed by atoms with van der Waals surface area (Å²) in [5.41, 5.74) is 4.11. The summed E-state index contributed by atoms with van der Waals surface area (Å²) < 4.78 is 8.93. The second-order valence-electron chi connectivity index (χ2n) is 5.57. The fourth-order valence-corrected chi connectivity index (χ4v) is 3.14. The highest BCUT2D eigenvalue weighted by Crippen LogP contribution is 2.34. The molecule has 0 atom stereocenters. The van der Waals surface area contributed by atoms with E-state index in [0.29, 0.717) is 0 Å². The second-order valence-corrected chi connectivity index (χ2v) is 6.49. The summed E-state index contributed by atoms with van der Waals surface area (Å²) in [4.78, 5) is 0. The molecular formula is C18H16BrN3O. The van der Waals surface area contributed by atoms with E-state index in [9.17, 15) is 0 Å². The van der Waals surface area contributed by atoms with E-state index in [1.54, 1.807) is 0 Å². The maximum atomic E-state index is 5.97. The van der Waals surface area contributed by atoms with Gasteiger partial charge in [-0.05, 0) is 55.7 Å². The number of para-hydroxylation sites is 1. The van der Waals surface area contributed by atoms with Gasteiger partial charge in [0.05, 0.1) is 18.0 Å². The van der Waals surface area contributed by atoms with E-state index in [1.165, 1.54) is 0 Å². The molecule has 4 nitrogen and oxygen atoms in total. The Balaban J connectivity index is 1.92. The van der Waals surface area contributed by atoms with Crippen molar-refractivity contribution in [1.82, 2.24) is 15.0 Å². The lowest BCUT2D eigenvalue weighted by molar-refractivity contribution is 0.309. The van der Waals surface area contributed by atoms with Crippen molar-refractivity contribution in [2.75, 3.05) is 6.61 Å². The summed E-state index contributed by atoms with van der Waals surface area (Å²) in [6, 6.07) is 16.2. The van der Waals surface area contributed by atoms with Crippen LogP contribution in [0.15, 0.2) is 53.0 Å². The van der Waals surface area contributed by atoms with E-state index in [1.807, 2.05) is 47.1 Å². The normalized spacial score (nSPS) is 14.0. The lowest BCUT2D eigenvalue weighted by Crippen LogP contribution is -2.02. The lowest BCUT2D eigenvalue weighted by atomic mass is 10.1. The molecule has 0 spiro atoms. The smallest absolute Gasteiger partial charge is 0.128 e. The molecule has 116 valence electrons. The zero-order valence-corrected chi connectivity index (χ0v) is 14.2. The van der Waals surface area contributed by atoms with Crippen LogP contribution in [0.4, 0.5) is 0 Å². The SMILES string of the molecule is Brc1ccc(-n2nnc3c2-c2ccccc2OCCCC3)cc1. The van der Waals surface area contributed by atoms with Gasteiger partial charge in [-0.2, -0.15) is 0 Å². The molecule has 1 aliphatic heterocycles. The third kappa shape index (κ3) is 2.77. The van der Waals surface area contributed by atoms with Gasteiger partial charge in [-0.15, -0.1) is 5.10 Å². The average Bonchev–Trinajstić information content (AvgIpc) is 3.01. The Morgan fingerprint density at radius 3 is 2.70 bits per heavy atom. The van der Waals surface area contributed by atoms with Crippen LogP contribution in [0.1, 0.15) is 18.5 Å². The van der Waals surface area contributed by atoms with Gasteiger partial charge in [0.1, 0.15) is 11.4 Å². The molecule has 0 saturated carbocycles. The van der Waals surface area contributed by atoms with Gasteiger partial charge in [-0.1, -0.05) is 33.3 Å². The predicted octanol–water partition coefficient (Wildman–Crippen LogP) is 4.41. The summed E-state index contributed by atoms with van der Waals surface area (Å²) in [6.45, 7) is 0.743. The van der Waals surface area contributed by atoms with Gasteiger partial charge in [0.15, 0.2) is 0 Å². The number of rotatable bonds is 1. The molecule has 2 aromatic carbocycles. The highest BCUT2D eigenvalue weighted by Gasteiger charge is 2.20. The first-order valence-corrected chi connectivity index (χ1v) is 8.55. The molecule has 1 aliphatic rings. The van der Waals surface area contributed by atoms with Gasteiger partial charge in [0.25, 0.3) is 0 Å². The molecule has 4 rings (SSSR count). The quantitative estimate of drug-likeness (QED) is 0.637. The van der Waals surface area contributed by atoms with Crippen molar-refractivity contribution >= 4 is 15.9 Å². The van der Waals surface area contributed by atoms with Gasteiger partial charge in [0.2, 0.25) is 0 Å². The summed E-state index contributed by atoms with van der Waals surface area (Å²) >= 11 is 3.48. The first kappa shape index (κ1) is 14.5. The van der Waals surface area contributed by atoms with Crippen LogP contribution in [-0.4, -0.2) is 21.6 Å². The van der Waals surface area contributed by atoms with Crippen molar-refractivity contribution in [3.05, 3.63) is 58.7 Å². The fourth-order valence-electron chi connectivity index (χ4n) is 2.88. The van der Waals surface area contributed by atoms with Crippen molar-refractivity contribution in [3.8, 4) is 22.7 Å². The Hall–Kier alpha value is -2.14. The average molecular weight is 370 g/mol. The Morgan fingerprint density at radius 1 is 1.00 bits per heavy atom. The maximum Gasteiger partial charge on any atom is 0.128 e. The first-order chi connectivity index (χ1) is 11.3. The molecule has 1 aromatic heterocycles. The predicted molar refractivity (Wildman–Crippen MR) is 92.9 cm³/mol. The maximum absolute atomic E-state index is 5.97. The van der Waals surface area contributed by atoms with Gasteiger partial charge < -0.3 is 4.74 Å². The van der Waals surface area contributed by atoms with Crippen LogP contribution in [0.3, 0.4) is 0 Å². The molecule has 0 bridgehead atoms. The van der Waals surface area contributed by atoms with E-state index in [4.69, 9.17) is 4.74 Å². The van der Waals surface area contributed by atoms with E-state index in [-0.39, 0.29) is 0 Å². The number of hydrogen-bond acceptors (Lipinski definition) is 3. The van der Waals surface area contributed by atoms with Crippen molar-refractivity contribution in [3.63, 3.8) is 0 Å². The third-order valence-corrected chi connectivity index (χ3v) is 4.55. The van der Waals surface area contributed by atoms with Crippen LogP contribution in [0, 0.1) is 0 Å². The topological polar surface area (TPSA) is 39.9 Å². The minimum atomic E-state index is 0.743. The summed E-state index contributed by atoms with van der Waals surface area (Å²) in [5, 5.41) is 8.85. The van der Waals surface area contributed by atoms with E-state index in [0.717, 1.165) is 58.7 Å². The number of aryl methyl sites for hydroxylation is 1.